The van der Waals surface area contributed by atoms with Crippen LogP contribution in [-0.2, 0) is 0 Å². The highest BCUT2D eigenvalue weighted by Crippen LogP contribution is 2.21. The molecule has 0 aromatic heterocycles. The Balaban J connectivity index is 2.76. The van der Waals surface area contributed by atoms with Gasteiger partial charge in [-0.15, -0.1) is 0 Å². The third-order valence-electron chi connectivity index (χ3n) is 2.63. The van der Waals surface area contributed by atoms with Crippen LogP contribution in [-0.4, -0.2) is 30.0 Å². The van der Waals surface area contributed by atoms with Crippen LogP contribution in [0, 0.1) is 0 Å². The highest BCUT2D eigenvalue weighted by molar-refractivity contribution is 7.99. The van der Waals surface area contributed by atoms with Crippen LogP contribution in [0.15, 0.2) is 18.2 Å². The Morgan fingerprint density at radius 1 is 1.42 bits per heavy atom. The van der Waals surface area contributed by atoms with Crippen LogP contribution >= 0.6 is 11.8 Å². The molecular formula is C14H23N3OS. The van der Waals surface area contributed by atoms with E-state index in [1.807, 2.05) is 24.8 Å². The zero-order valence-electron chi connectivity index (χ0n) is 11.8. The van der Waals surface area contributed by atoms with Gasteiger partial charge in [0.2, 0.25) is 0 Å². The maximum atomic E-state index is 11.8. The van der Waals surface area contributed by atoms with Crippen molar-refractivity contribution in [3.8, 4) is 0 Å². The Morgan fingerprint density at radius 2 is 2.16 bits per heavy atom. The summed E-state index contributed by atoms with van der Waals surface area (Å²) in [6.45, 7) is 6.77. The normalized spacial score (nSPS) is 11.9. The summed E-state index contributed by atoms with van der Waals surface area (Å²) in [4.78, 5) is 11.8. The van der Waals surface area contributed by atoms with Gasteiger partial charge in [-0.05, 0) is 37.8 Å². The van der Waals surface area contributed by atoms with E-state index in [0.717, 1.165) is 17.2 Å². The molecule has 0 aliphatic carbocycles. The summed E-state index contributed by atoms with van der Waals surface area (Å²) >= 11 is 1.88. The molecule has 0 fully saturated rings. The summed E-state index contributed by atoms with van der Waals surface area (Å²) in [5.74, 6) is 2.04. The first-order chi connectivity index (χ1) is 9.08. The van der Waals surface area contributed by atoms with Crippen molar-refractivity contribution < 1.29 is 4.79 Å². The number of hydrogen-bond donors (Lipinski definition) is 3. The van der Waals surface area contributed by atoms with Gasteiger partial charge in [0.25, 0.3) is 5.91 Å². The van der Waals surface area contributed by atoms with Crippen LogP contribution in [0.3, 0.4) is 0 Å². The van der Waals surface area contributed by atoms with E-state index in [-0.39, 0.29) is 5.91 Å². The quantitative estimate of drug-likeness (QED) is 0.672. The summed E-state index contributed by atoms with van der Waals surface area (Å²) in [7, 11) is 0. The van der Waals surface area contributed by atoms with Gasteiger partial charge in [-0.1, -0.05) is 6.92 Å². The SMILES string of the molecule is CCNC(=O)c1ccc(N)c(NC(C)CSCC)c1. The standard InChI is InChI=1S/C14H23N3OS/c1-4-16-14(18)11-6-7-12(15)13(8-11)17-10(3)9-19-5-2/h6-8,10,17H,4-5,9,15H2,1-3H3,(H,16,18). The number of nitrogens with two attached hydrogens (primary N) is 1. The fraction of sp³-hybridized carbons (Fsp3) is 0.500. The fourth-order valence-corrected chi connectivity index (χ4v) is 2.36. The largest absolute Gasteiger partial charge is 0.397 e. The zero-order valence-corrected chi connectivity index (χ0v) is 12.6. The van der Waals surface area contributed by atoms with Crippen molar-refractivity contribution in [3.63, 3.8) is 0 Å². The number of thioether (sulfide) groups is 1. The molecular weight excluding hydrogens is 258 g/mol. The predicted octanol–water partition coefficient (Wildman–Crippen LogP) is 2.57. The predicted molar refractivity (Wildman–Crippen MR) is 84.9 cm³/mol. The minimum atomic E-state index is -0.0684. The Bertz CT molecular complexity index is 423. The van der Waals surface area contributed by atoms with Crippen LogP contribution in [0.25, 0.3) is 0 Å². The van der Waals surface area contributed by atoms with E-state index >= 15 is 0 Å². The summed E-state index contributed by atoms with van der Waals surface area (Å²) in [6.07, 6.45) is 0. The van der Waals surface area contributed by atoms with E-state index in [2.05, 4.69) is 24.5 Å². The van der Waals surface area contributed by atoms with E-state index < -0.39 is 0 Å². The average Bonchev–Trinajstić information content (AvgIpc) is 2.39. The molecule has 4 nitrogen and oxygen atoms in total. The van der Waals surface area contributed by atoms with Crippen LogP contribution < -0.4 is 16.4 Å². The number of rotatable bonds is 7. The van der Waals surface area contributed by atoms with E-state index in [1.54, 1.807) is 12.1 Å². The summed E-state index contributed by atoms with van der Waals surface area (Å²) in [6, 6.07) is 5.65. The number of anilines is 2. The maximum absolute atomic E-state index is 11.8. The summed E-state index contributed by atoms with van der Waals surface area (Å²) in [5.41, 5.74) is 8.07. The molecule has 0 heterocycles. The summed E-state index contributed by atoms with van der Waals surface area (Å²) in [5, 5.41) is 6.14. The van der Waals surface area contributed by atoms with Gasteiger partial charge in [0.05, 0.1) is 11.4 Å². The van der Waals surface area contributed by atoms with Gasteiger partial charge >= 0.3 is 0 Å². The second kappa shape index (κ2) is 7.94. The van der Waals surface area contributed by atoms with Crippen LogP contribution in [0.2, 0.25) is 0 Å². The van der Waals surface area contributed by atoms with Crippen molar-refractivity contribution >= 4 is 29.0 Å². The molecule has 0 aliphatic rings. The van der Waals surface area contributed by atoms with Crippen LogP contribution in [0.5, 0.6) is 0 Å². The molecule has 0 bridgehead atoms. The van der Waals surface area contributed by atoms with Crippen molar-refractivity contribution in [1.82, 2.24) is 5.32 Å². The first-order valence-electron chi connectivity index (χ1n) is 6.60. The molecule has 106 valence electrons. The third kappa shape index (κ3) is 5.03. The van der Waals surface area contributed by atoms with Gasteiger partial charge in [0, 0.05) is 23.9 Å². The van der Waals surface area contributed by atoms with Crippen LogP contribution in [0.4, 0.5) is 11.4 Å². The molecule has 1 aromatic rings. The molecule has 1 aromatic carbocycles. The number of carbonyl (C=O) groups excluding carboxylic acids is 1. The molecule has 1 rings (SSSR count). The van der Waals surface area contributed by atoms with E-state index in [4.69, 9.17) is 5.73 Å². The van der Waals surface area contributed by atoms with Crippen molar-refractivity contribution in [2.45, 2.75) is 26.8 Å². The van der Waals surface area contributed by atoms with Crippen molar-refractivity contribution in [2.75, 3.05) is 29.1 Å². The molecule has 1 unspecified atom stereocenters. The Labute approximate surface area is 119 Å². The van der Waals surface area contributed by atoms with Crippen molar-refractivity contribution in [1.29, 1.82) is 0 Å². The lowest BCUT2D eigenvalue weighted by Crippen LogP contribution is -2.23. The average molecular weight is 281 g/mol. The lowest BCUT2D eigenvalue weighted by atomic mass is 10.1. The minimum Gasteiger partial charge on any atom is -0.397 e. The number of nitrogen functional groups attached to an aromatic ring is 1. The lowest BCUT2D eigenvalue weighted by molar-refractivity contribution is 0.0956. The molecule has 19 heavy (non-hydrogen) atoms. The smallest absolute Gasteiger partial charge is 0.251 e. The van der Waals surface area contributed by atoms with Crippen molar-refractivity contribution in [2.24, 2.45) is 0 Å². The Morgan fingerprint density at radius 3 is 2.79 bits per heavy atom. The molecule has 4 N–H and O–H groups in total. The topological polar surface area (TPSA) is 67.2 Å². The highest BCUT2D eigenvalue weighted by atomic mass is 32.2. The second-order valence-electron chi connectivity index (χ2n) is 4.37. The van der Waals surface area contributed by atoms with E-state index in [1.165, 1.54) is 0 Å². The molecule has 1 amide bonds. The zero-order chi connectivity index (χ0) is 14.3. The van der Waals surface area contributed by atoms with Crippen molar-refractivity contribution in [3.05, 3.63) is 23.8 Å². The van der Waals surface area contributed by atoms with E-state index in [0.29, 0.717) is 23.8 Å². The molecule has 0 radical (unpaired) electrons. The number of hydrogen-bond acceptors (Lipinski definition) is 4. The number of nitrogens with one attached hydrogen (secondary N) is 2. The molecule has 0 spiro atoms. The Hall–Kier alpha value is -1.36. The minimum absolute atomic E-state index is 0.0684. The third-order valence-corrected chi connectivity index (χ3v) is 3.77. The van der Waals surface area contributed by atoms with Gasteiger partial charge in [0.1, 0.15) is 0 Å². The fourth-order valence-electron chi connectivity index (χ4n) is 1.69. The van der Waals surface area contributed by atoms with Gasteiger partial charge in [0.15, 0.2) is 0 Å². The van der Waals surface area contributed by atoms with Gasteiger partial charge in [-0.2, -0.15) is 11.8 Å². The molecule has 0 aliphatic heterocycles. The first-order valence-corrected chi connectivity index (χ1v) is 7.75. The maximum Gasteiger partial charge on any atom is 0.251 e. The number of benzene rings is 1. The van der Waals surface area contributed by atoms with Gasteiger partial charge in [-0.25, -0.2) is 0 Å². The molecule has 5 heteroatoms. The number of amides is 1. The highest BCUT2D eigenvalue weighted by Gasteiger charge is 2.09. The lowest BCUT2D eigenvalue weighted by Gasteiger charge is -2.17. The molecule has 1 atom stereocenters. The number of carbonyl (C=O) groups is 1. The summed E-state index contributed by atoms with van der Waals surface area (Å²) < 4.78 is 0. The Kier molecular flexibility index (Phi) is 6.56. The van der Waals surface area contributed by atoms with Gasteiger partial charge < -0.3 is 16.4 Å². The second-order valence-corrected chi connectivity index (χ2v) is 5.69. The first kappa shape index (κ1) is 15.7. The van der Waals surface area contributed by atoms with Gasteiger partial charge in [-0.3, -0.25) is 4.79 Å². The molecule has 0 saturated carbocycles. The molecule has 0 saturated heterocycles. The van der Waals surface area contributed by atoms with E-state index in [9.17, 15) is 4.79 Å². The monoisotopic (exact) mass is 281 g/mol. The van der Waals surface area contributed by atoms with Crippen LogP contribution in [0.1, 0.15) is 31.1 Å².